The average Bonchev–Trinajstić information content (AvgIpc) is 2.55. The van der Waals surface area contributed by atoms with E-state index in [1.54, 1.807) is 0 Å². The molecular formula is C8H13NO2S. The van der Waals surface area contributed by atoms with Crippen molar-refractivity contribution in [2.24, 2.45) is 5.73 Å². The molecule has 1 aromatic heterocycles. The van der Waals surface area contributed by atoms with E-state index in [-0.39, 0.29) is 12.6 Å². The maximum Gasteiger partial charge on any atom is 0.0949 e. The van der Waals surface area contributed by atoms with Crippen molar-refractivity contribution >= 4 is 11.3 Å². The summed E-state index contributed by atoms with van der Waals surface area (Å²) in [5.41, 5.74) is 6.45. The smallest absolute Gasteiger partial charge is 0.0949 e. The molecule has 4 N–H and O–H groups in total. The Labute approximate surface area is 75.5 Å². The standard InChI is InChI=1S/C8H13NO2S/c9-7(1-3-10)8(11)6-2-4-12-5-6/h2,4-5,7-8,10-11H,1,3,9H2. The van der Waals surface area contributed by atoms with Crippen LogP contribution < -0.4 is 5.73 Å². The molecule has 1 aromatic rings. The van der Waals surface area contributed by atoms with Crippen LogP contribution in [0.3, 0.4) is 0 Å². The Morgan fingerprint density at radius 2 is 2.33 bits per heavy atom. The molecule has 12 heavy (non-hydrogen) atoms. The van der Waals surface area contributed by atoms with Crippen LogP contribution in [0.5, 0.6) is 0 Å². The highest BCUT2D eigenvalue weighted by molar-refractivity contribution is 7.07. The van der Waals surface area contributed by atoms with Gasteiger partial charge in [0.25, 0.3) is 0 Å². The van der Waals surface area contributed by atoms with Gasteiger partial charge in [-0.25, -0.2) is 0 Å². The molecular weight excluding hydrogens is 174 g/mol. The highest BCUT2D eigenvalue weighted by Gasteiger charge is 2.15. The van der Waals surface area contributed by atoms with E-state index in [0.717, 1.165) is 5.56 Å². The molecule has 2 atom stereocenters. The Bertz CT molecular complexity index is 213. The van der Waals surface area contributed by atoms with Gasteiger partial charge in [-0.05, 0) is 28.8 Å². The van der Waals surface area contributed by atoms with Crippen LogP contribution in [0.1, 0.15) is 18.1 Å². The summed E-state index contributed by atoms with van der Waals surface area (Å²) in [6.45, 7) is 0.0162. The number of aliphatic hydroxyl groups excluding tert-OH is 2. The number of rotatable bonds is 4. The normalized spacial score (nSPS) is 15.9. The topological polar surface area (TPSA) is 66.5 Å². The van der Waals surface area contributed by atoms with Gasteiger partial charge in [-0.3, -0.25) is 0 Å². The molecule has 0 radical (unpaired) electrons. The third-order valence-corrected chi connectivity index (χ3v) is 2.45. The van der Waals surface area contributed by atoms with Crippen molar-refractivity contribution in [1.29, 1.82) is 0 Å². The van der Waals surface area contributed by atoms with Gasteiger partial charge in [0.1, 0.15) is 0 Å². The van der Waals surface area contributed by atoms with E-state index >= 15 is 0 Å². The first kappa shape index (κ1) is 9.67. The first-order valence-electron chi connectivity index (χ1n) is 3.82. The van der Waals surface area contributed by atoms with Crippen LogP contribution in [-0.4, -0.2) is 22.9 Å². The molecule has 0 amide bonds. The van der Waals surface area contributed by atoms with Gasteiger partial charge in [0.15, 0.2) is 0 Å². The number of hydrogen-bond acceptors (Lipinski definition) is 4. The van der Waals surface area contributed by atoms with Gasteiger partial charge in [-0.1, -0.05) is 0 Å². The first-order valence-corrected chi connectivity index (χ1v) is 4.76. The lowest BCUT2D eigenvalue weighted by molar-refractivity contribution is 0.129. The van der Waals surface area contributed by atoms with E-state index in [9.17, 15) is 5.11 Å². The summed E-state index contributed by atoms with van der Waals surface area (Å²) in [5.74, 6) is 0. The van der Waals surface area contributed by atoms with Gasteiger partial charge >= 0.3 is 0 Å². The summed E-state index contributed by atoms with van der Waals surface area (Å²) < 4.78 is 0. The van der Waals surface area contributed by atoms with Gasteiger partial charge in [-0.15, -0.1) is 0 Å². The lowest BCUT2D eigenvalue weighted by Crippen LogP contribution is -2.29. The number of aliphatic hydroxyl groups is 2. The molecule has 0 bridgehead atoms. The molecule has 0 spiro atoms. The largest absolute Gasteiger partial charge is 0.396 e. The van der Waals surface area contributed by atoms with Crippen molar-refractivity contribution < 1.29 is 10.2 Å². The minimum atomic E-state index is -0.650. The Hall–Kier alpha value is -0.420. The first-order chi connectivity index (χ1) is 5.75. The quantitative estimate of drug-likeness (QED) is 0.642. The molecule has 0 aliphatic heterocycles. The van der Waals surface area contributed by atoms with Gasteiger partial charge in [0.2, 0.25) is 0 Å². The Balaban J connectivity index is 2.53. The lowest BCUT2D eigenvalue weighted by atomic mass is 10.0. The van der Waals surface area contributed by atoms with Crippen LogP contribution in [0.25, 0.3) is 0 Å². The molecule has 68 valence electrons. The second kappa shape index (κ2) is 4.57. The van der Waals surface area contributed by atoms with E-state index in [1.807, 2.05) is 16.8 Å². The number of thiophene rings is 1. The molecule has 0 aliphatic carbocycles. The van der Waals surface area contributed by atoms with Gasteiger partial charge in [0, 0.05) is 12.6 Å². The summed E-state index contributed by atoms with van der Waals surface area (Å²) in [5, 5.41) is 21.9. The van der Waals surface area contributed by atoms with Crippen LogP contribution in [0.2, 0.25) is 0 Å². The monoisotopic (exact) mass is 187 g/mol. The van der Waals surface area contributed by atoms with Crippen LogP contribution in [0.15, 0.2) is 16.8 Å². The maximum absolute atomic E-state index is 9.58. The number of nitrogens with two attached hydrogens (primary N) is 1. The van der Waals surface area contributed by atoms with Gasteiger partial charge < -0.3 is 15.9 Å². The van der Waals surface area contributed by atoms with Crippen LogP contribution in [-0.2, 0) is 0 Å². The molecule has 0 saturated heterocycles. The van der Waals surface area contributed by atoms with Gasteiger partial charge in [0.05, 0.1) is 6.10 Å². The molecule has 1 rings (SSSR count). The van der Waals surface area contributed by atoms with Crippen molar-refractivity contribution in [1.82, 2.24) is 0 Å². The van der Waals surface area contributed by atoms with E-state index in [1.165, 1.54) is 11.3 Å². The molecule has 1 heterocycles. The average molecular weight is 187 g/mol. The summed E-state index contributed by atoms with van der Waals surface area (Å²) in [6.07, 6.45) is -0.222. The fourth-order valence-corrected chi connectivity index (χ4v) is 1.69. The van der Waals surface area contributed by atoms with Crippen molar-refractivity contribution in [2.75, 3.05) is 6.61 Å². The second-order valence-corrected chi connectivity index (χ2v) is 3.46. The molecule has 0 saturated carbocycles. The maximum atomic E-state index is 9.58. The minimum Gasteiger partial charge on any atom is -0.396 e. The summed E-state index contributed by atoms with van der Waals surface area (Å²) >= 11 is 1.53. The number of hydrogen-bond donors (Lipinski definition) is 3. The predicted molar refractivity (Wildman–Crippen MR) is 49.0 cm³/mol. The summed E-state index contributed by atoms with van der Waals surface area (Å²) in [4.78, 5) is 0. The predicted octanol–water partition coefficient (Wildman–Crippen LogP) is 0.491. The van der Waals surface area contributed by atoms with Gasteiger partial charge in [-0.2, -0.15) is 11.3 Å². The van der Waals surface area contributed by atoms with Crippen molar-refractivity contribution in [3.63, 3.8) is 0 Å². The third kappa shape index (κ3) is 2.28. The zero-order chi connectivity index (χ0) is 8.97. The molecule has 3 nitrogen and oxygen atoms in total. The zero-order valence-corrected chi connectivity index (χ0v) is 7.50. The molecule has 0 fully saturated rings. The van der Waals surface area contributed by atoms with E-state index in [2.05, 4.69) is 0 Å². The van der Waals surface area contributed by atoms with Crippen LogP contribution >= 0.6 is 11.3 Å². The molecule has 4 heteroatoms. The highest BCUT2D eigenvalue weighted by Crippen LogP contribution is 2.19. The van der Waals surface area contributed by atoms with E-state index < -0.39 is 6.10 Å². The Morgan fingerprint density at radius 3 is 2.83 bits per heavy atom. The lowest BCUT2D eigenvalue weighted by Gasteiger charge is -2.16. The van der Waals surface area contributed by atoms with Crippen LogP contribution in [0.4, 0.5) is 0 Å². The Kier molecular flexibility index (Phi) is 3.68. The SMILES string of the molecule is NC(CCO)C(O)c1ccsc1. The summed E-state index contributed by atoms with van der Waals surface area (Å²) in [6, 6.07) is 1.47. The van der Waals surface area contributed by atoms with E-state index in [0.29, 0.717) is 6.42 Å². The third-order valence-electron chi connectivity index (χ3n) is 1.75. The van der Waals surface area contributed by atoms with Crippen molar-refractivity contribution in [3.05, 3.63) is 22.4 Å². The summed E-state index contributed by atoms with van der Waals surface area (Å²) in [7, 11) is 0. The highest BCUT2D eigenvalue weighted by atomic mass is 32.1. The fraction of sp³-hybridized carbons (Fsp3) is 0.500. The van der Waals surface area contributed by atoms with Crippen molar-refractivity contribution in [2.45, 2.75) is 18.6 Å². The molecule has 0 aliphatic rings. The molecule has 2 unspecified atom stereocenters. The molecule has 0 aromatic carbocycles. The Morgan fingerprint density at radius 1 is 1.58 bits per heavy atom. The zero-order valence-electron chi connectivity index (χ0n) is 6.68. The van der Waals surface area contributed by atoms with E-state index in [4.69, 9.17) is 10.8 Å². The van der Waals surface area contributed by atoms with Crippen molar-refractivity contribution in [3.8, 4) is 0 Å². The minimum absolute atomic E-state index is 0.0162. The fourth-order valence-electron chi connectivity index (χ4n) is 0.997. The van der Waals surface area contributed by atoms with Crippen LogP contribution in [0, 0.1) is 0 Å². The second-order valence-electron chi connectivity index (χ2n) is 2.68.